The molecule has 0 atom stereocenters. The van der Waals surface area contributed by atoms with E-state index in [0.717, 1.165) is 17.9 Å². The van der Waals surface area contributed by atoms with Gasteiger partial charge < -0.3 is 14.5 Å². The average molecular weight is 895 g/mol. The van der Waals surface area contributed by atoms with E-state index in [4.69, 9.17) is 4.74 Å². The lowest BCUT2D eigenvalue weighted by atomic mass is 9.33. The van der Waals surface area contributed by atoms with Crippen molar-refractivity contribution in [2.24, 2.45) is 0 Å². The molecular formula is C65H59BN2O. The third-order valence-electron chi connectivity index (χ3n) is 18.1. The molecule has 0 amide bonds. The van der Waals surface area contributed by atoms with Crippen LogP contribution in [-0.4, -0.2) is 6.71 Å². The maximum atomic E-state index is 6.82. The largest absolute Gasteiger partial charge is 0.457 e. The van der Waals surface area contributed by atoms with Gasteiger partial charge in [-0.3, -0.25) is 0 Å². The van der Waals surface area contributed by atoms with Gasteiger partial charge in [-0.1, -0.05) is 159 Å². The van der Waals surface area contributed by atoms with Gasteiger partial charge in [-0.05, 0) is 169 Å². The van der Waals surface area contributed by atoms with Crippen LogP contribution in [0.25, 0.3) is 11.1 Å². The van der Waals surface area contributed by atoms with Gasteiger partial charge in [0, 0.05) is 45.3 Å². The molecule has 0 bridgehead atoms. The highest BCUT2D eigenvalue weighted by atomic mass is 16.5. The first-order chi connectivity index (χ1) is 33.2. The average Bonchev–Trinajstić information content (AvgIpc) is 3.63. The van der Waals surface area contributed by atoms with E-state index in [-0.39, 0.29) is 28.4 Å². The number of anilines is 6. The number of hydrogen-bond donors (Lipinski definition) is 0. The van der Waals surface area contributed by atoms with Crippen LogP contribution < -0.4 is 30.9 Å². The summed E-state index contributed by atoms with van der Waals surface area (Å²) in [6.07, 6.45) is 4.71. The van der Waals surface area contributed by atoms with E-state index in [2.05, 4.69) is 229 Å². The van der Waals surface area contributed by atoms with E-state index >= 15 is 0 Å². The molecule has 6 aliphatic rings. The molecular weight excluding hydrogens is 836 g/mol. The monoisotopic (exact) mass is 894 g/mol. The number of para-hydroxylation sites is 3. The van der Waals surface area contributed by atoms with Crippen LogP contribution in [0.5, 0.6) is 11.5 Å². The van der Waals surface area contributed by atoms with Crippen molar-refractivity contribution in [2.75, 3.05) is 9.80 Å². The van der Waals surface area contributed by atoms with Gasteiger partial charge in [-0.15, -0.1) is 0 Å². The summed E-state index contributed by atoms with van der Waals surface area (Å²) < 4.78 is 6.82. The number of nitrogens with zero attached hydrogens (tertiary/aromatic N) is 2. The lowest BCUT2D eigenvalue weighted by Gasteiger charge is -2.46. The Hall–Kier alpha value is -6.78. The standard InChI is InChI=1S/C65H59BN2O/c1-61(2)32-34-63(5,6)50-36-40(28-30-45(50)61)67-54-23-14-13-22-52(54)66-53-39-49-43(42-18-9-10-19-44(42)65(49)47-20-11-15-26-58(47)69-59-27-16-12-21-48(59)65)38-57(53)68(56-25-17-24-55(67)60(56)66)41-29-31-46-51(37-41)64(7,8)35-33-62(46,3)4/h9-31,36-39H,32-35H2,1-8H3. The molecule has 0 N–H and O–H groups in total. The van der Waals surface area contributed by atoms with Crippen LogP contribution in [0.3, 0.4) is 0 Å². The Morgan fingerprint density at radius 2 is 0.841 bits per heavy atom. The summed E-state index contributed by atoms with van der Waals surface area (Å²) in [4.78, 5) is 5.24. The summed E-state index contributed by atoms with van der Waals surface area (Å²) >= 11 is 0. The fourth-order valence-electron chi connectivity index (χ4n) is 14.2. The zero-order valence-corrected chi connectivity index (χ0v) is 41.3. The van der Waals surface area contributed by atoms with E-state index < -0.39 is 5.41 Å². The van der Waals surface area contributed by atoms with Gasteiger partial charge in [0.25, 0.3) is 6.71 Å². The molecule has 69 heavy (non-hydrogen) atoms. The highest BCUT2D eigenvalue weighted by molar-refractivity contribution is 7.00. The third kappa shape index (κ3) is 5.41. The van der Waals surface area contributed by atoms with Gasteiger partial charge in [0.1, 0.15) is 11.5 Å². The highest BCUT2D eigenvalue weighted by Crippen LogP contribution is 2.63. The quantitative estimate of drug-likeness (QED) is 0.161. The molecule has 338 valence electrons. The second kappa shape index (κ2) is 13.7. The number of benzene rings is 8. The van der Waals surface area contributed by atoms with Crippen molar-refractivity contribution in [2.45, 2.75) is 108 Å². The predicted octanol–water partition coefficient (Wildman–Crippen LogP) is 14.9. The molecule has 1 spiro atoms. The maximum Gasteiger partial charge on any atom is 0.252 e. The van der Waals surface area contributed by atoms with Gasteiger partial charge in [-0.2, -0.15) is 0 Å². The minimum atomic E-state index is -0.581. The first kappa shape index (κ1) is 41.2. The molecule has 8 aromatic rings. The molecule has 0 radical (unpaired) electrons. The van der Waals surface area contributed by atoms with E-state index in [9.17, 15) is 0 Å². The Morgan fingerprint density at radius 3 is 1.43 bits per heavy atom. The Morgan fingerprint density at radius 1 is 0.362 bits per heavy atom. The fourth-order valence-corrected chi connectivity index (χ4v) is 14.2. The zero-order chi connectivity index (χ0) is 47.0. The van der Waals surface area contributed by atoms with E-state index in [1.807, 2.05) is 0 Å². The Balaban J connectivity index is 1.08. The Labute approximate surface area is 408 Å². The number of ether oxygens (including phenoxy) is 1. The first-order valence-electron chi connectivity index (χ1n) is 25.5. The molecule has 3 heterocycles. The van der Waals surface area contributed by atoms with Gasteiger partial charge >= 0.3 is 0 Å². The maximum absolute atomic E-state index is 6.82. The summed E-state index contributed by atoms with van der Waals surface area (Å²) in [6, 6.07) is 63.2. The molecule has 0 fully saturated rings. The summed E-state index contributed by atoms with van der Waals surface area (Å²) in [6.45, 7) is 19.5. The van der Waals surface area contributed by atoms with Crippen molar-refractivity contribution in [3.8, 4) is 22.6 Å². The van der Waals surface area contributed by atoms with Crippen LogP contribution in [-0.2, 0) is 27.1 Å². The van der Waals surface area contributed by atoms with Crippen molar-refractivity contribution >= 4 is 57.2 Å². The Kier molecular flexibility index (Phi) is 8.20. The van der Waals surface area contributed by atoms with E-state index in [1.165, 1.54) is 125 Å². The minimum absolute atomic E-state index is 0.0210. The third-order valence-corrected chi connectivity index (χ3v) is 18.1. The van der Waals surface area contributed by atoms with Crippen LogP contribution in [0.15, 0.2) is 164 Å². The summed E-state index contributed by atoms with van der Waals surface area (Å²) in [5.41, 5.74) is 24.7. The second-order valence-electron chi connectivity index (χ2n) is 23.7. The van der Waals surface area contributed by atoms with E-state index in [0.29, 0.717) is 0 Å². The minimum Gasteiger partial charge on any atom is -0.457 e. The van der Waals surface area contributed by atoms with Crippen LogP contribution in [0.1, 0.15) is 126 Å². The smallest absolute Gasteiger partial charge is 0.252 e. The van der Waals surface area contributed by atoms with Gasteiger partial charge in [0.2, 0.25) is 0 Å². The molecule has 3 nitrogen and oxygen atoms in total. The Bertz CT molecular complexity index is 3490. The molecule has 0 saturated carbocycles. The lowest BCUT2D eigenvalue weighted by molar-refractivity contribution is 0.332. The van der Waals surface area contributed by atoms with Crippen LogP contribution in [0, 0.1) is 0 Å². The molecule has 3 aliphatic carbocycles. The lowest BCUT2D eigenvalue weighted by Crippen LogP contribution is -2.61. The fraction of sp³-hybridized carbons (Fsp3) is 0.262. The van der Waals surface area contributed by atoms with Gasteiger partial charge in [0.05, 0.1) is 5.41 Å². The number of fused-ring (bicyclic) bond motifs is 15. The van der Waals surface area contributed by atoms with Crippen molar-refractivity contribution in [1.29, 1.82) is 0 Å². The van der Waals surface area contributed by atoms with Crippen molar-refractivity contribution in [3.05, 3.63) is 208 Å². The molecule has 0 saturated heterocycles. The van der Waals surface area contributed by atoms with Gasteiger partial charge in [-0.25, -0.2) is 0 Å². The van der Waals surface area contributed by atoms with Crippen molar-refractivity contribution in [3.63, 3.8) is 0 Å². The SMILES string of the molecule is CC1(C)CCC(C)(C)c2cc(N3c4ccccc4B4c5cc6c(cc5N(c5ccc7c(c5)C(C)(C)CCC7(C)C)c5cccc3c54)-c3ccccc3C63c4ccccc4Oc4ccccc43)ccc21. The highest BCUT2D eigenvalue weighted by Gasteiger charge is 2.53. The number of rotatable bonds is 2. The molecule has 8 aromatic carbocycles. The van der Waals surface area contributed by atoms with Crippen LogP contribution in [0.2, 0.25) is 0 Å². The molecule has 3 aliphatic heterocycles. The molecule has 0 aromatic heterocycles. The van der Waals surface area contributed by atoms with Crippen molar-refractivity contribution in [1.82, 2.24) is 0 Å². The second-order valence-corrected chi connectivity index (χ2v) is 23.7. The van der Waals surface area contributed by atoms with Crippen molar-refractivity contribution < 1.29 is 4.74 Å². The predicted molar refractivity (Wildman–Crippen MR) is 288 cm³/mol. The molecule has 14 rings (SSSR count). The van der Waals surface area contributed by atoms with Gasteiger partial charge in [0.15, 0.2) is 0 Å². The summed E-state index contributed by atoms with van der Waals surface area (Å²) in [5, 5.41) is 0. The van der Waals surface area contributed by atoms with Crippen LogP contribution >= 0.6 is 0 Å². The summed E-state index contributed by atoms with van der Waals surface area (Å²) in [5.74, 6) is 1.83. The topological polar surface area (TPSA) is 15.7 Å². The molecule has 4 heteroatoms. The van der Waals surface area contributed by atoms with E-state index in [1.54, 1.807) is 0 Å². The molecule has 0 unspecified atom stereocenters. The van der Waals surface area contributed by atoms with Crippen LogP contribution in [0.4, 0.5) is 34.1 Å². The zero-order valence-electron chi connectivity index (χ0n) is 41.3. The normalized spacial score (nSPS) is 19.1. The first-order valence-corrected chi connectivity index (χ1v) is 25.5. The summed E-state index contributed by atoms with van der Waals surface area (Å²) in [7, 11) is 0. The number of hydrogen-bond acceptors (Lipinski definition) is 3.